The van der Waals surface area contributed by atoms with Crippen LogP contribution in [0.3, 0.4) is 0 Å². The summed E-state index contributed by atoms with van der Waals surface area (Å²) >= 11 is 1.45. The highest BCUT2D eigenvalue weighted by molar-refractivity contribution is 7.12. The highest BCUT2D eigenvalue weighted by Crippen LogP contribution is 2.08. The van der Waals surface area contributed by atoms with Crippen LogP contribution in [0, 0.1) is 0 Å². The second-order valence-electron chi connectivity index (χ2n) is 5.53. The van der Waals surface area contributed by atoms with Crippen molar-refractivity contribution in [1.82, 2.24) is 16.0 Å². The Balaban J connectivity index is 1.49. The molecule has 0 fully saturated rings. The van der Waals surface area contributed by atoms with Crippen molar-refractivity contribution in [2.24, 2.45) is 4.99 Å². The topological polar surface area (TPSA) is 74.8 Å². The van der Waals surface area contributed by atoms with Crippen LogP contribution < -0.4 is 20.7 Å². The fourth-order valence-electron chi connectivity index (χ4n) is 2.20. The van der Waals surface area contributed by atoms with Crippen LogP contribution in [0.5, 0.6) is 5.75 Å². The van der Waals surface area contributed by atoms with E-state index in [1.165, 1.54) is 11.3 Å². The molecule has 3 N–H and O–H groups in total. The summed E-state index contributed by atoms with van der Waals surface area (Å²) in [6.45, 7) is 2.81. The van der Waals surface area contributed by atoms with Crippen LogP contribution in [-0.2, 0) is 0 Å². The average Bonchev–Trinajstić information content (AvgIpc) is 3.21. The summed E-state index contributed by atoms with van der Waals surface area (Å²) < 4.78 is 5.65. The fourth-order valence-corrected chi connectivity index (χ4v) is 2.84. The molecule has 1 aromatic heterocycles. The largest absolute Gasteiger partial charge is 0.494 e. The van der Waals surface area contributed by atoms with Crippen LogP contribution in [-0.4, -0.2) is 45.2 Å². The molecule has 0 aliphatic rings. The molecule has 0 radical (unpaired) electrons. The number of aliphatic imine (C=N–C) groups is 1. The first-order valence-corrected chi connectivity index (χ1v) is 9.61. The zero-order valence-corrected chi connectivity index (χ0v) is 15.8. The Hall–Kier alpha value is -2.54. The minimum atomic E-state index is -0.0130. The molecule has 6 nitrogen and oxygen atoms in total. The minimum absolute atomic E-state index is 0.0130. The van der Waals surface area contributed by atoms with Gasteiger partial charge in [0.15, 0.2) is 5.96 Å². The molecule has 140 valence electrons. The molecule has 26 heavy (non-hydrogen) atoms. The van der Waals surface area contributed by atoms with Crippen LogP contribution in [0.2, 0.25) is 0 Å². The number of thiophene rings is 1. The Labute approximate surface area is 158 Å². The Morgan fingerprint density at radius 3 is 2.42 bits per heavy atom. The van der Waals surface area contributed by atoms with Crippen LogP contribution in [0.15, 0.2) is 52.8 Å². The normalized spacial score (nSPS) is 11.0. The molecule has 0 aliphatic carbocycles. The third-order valence-electron chi connectivity index (χ3n) is 3.53. The van der Waals surface area contributed by atoms with Crippen molar-refractivity contribution in [2.45, 2.75) is 12.8 Å². The van der Waals surface area contributed by atoms with Gasteiger partial charge in [-0.25, -0.2) is 0 Å². The molecular formula is C19H26N4O2S. The molecule has 0 atom stereocenters. The predicted molar refractivity (Wildman–Crippen MR) is 107 cm³/mol. The summed E-state index contributed by atoms with van der Waals surface area (Å²) in [5.41, 5.74) is 0. The summed E-state index contributed by atoms with van der Waals surface area (Å²) in [4.78, 5) is 16.7. The lowest BCUT2D eigenvalue weighted by atomic mass is 10.3. The lowest BCUT2D eigenvalue weighted by molar-refractivity contribution is 0.0957. The third-order valence-corrected chi connectivity index (χ3v) is 4.39. The number of hydrogen-bond acceptors (Lipinski definition) is 4. The van der Waals surface area contributed by atoms with Gasteiger partial charge in [-0.05, 0) is 36.4 Å². The lowest BCUT2D eigenvalue weighted by Crippen LogP contribution is -2.39. The molecule has 0 spiro atoms. The monoisotopic (exact) mass is 374 g/mol. The first kappa shape index (κ1) is 19.8. The maximum Gasteiger partial charge on any atom is 0.261 e. The number of para-hydroxylation sites is 1. The van der Waals surface area contributed by atoms with Crippen LogP contribution in [0.1, 0.15) is 22.5 Å². The number of carbonyl (C=O) groups excluding carboxylic acids is 1. The van der Waals surface area contributed by atoms with Gasteiger partial charge in [0, 0.05) is 26.7 Å². The molecular weight excluding hydrogens is 348 g/mol. The van der Waals surface area contributed by atoms with Crippen LogP contribution in [0.4, 0.5) is 0 Å². The maximum absolute atomic E-state index is 11.8. The number of guanidine groups is 1. The number of rotatable bonds is 10. The van der Waals surface area contributed by atoms with Crippen LogP contribution >= 0.6 is 11.3 Å². The third kappa shape index (κ3) is 7.57. The Morgan fingerprint density at radius 1 is 1.00 bits per heavy atom. The minimum Gasteiger partial charge on any atom is -0.494 e. The number of ether oxygens (including phenoxy) is 1. The number of hydrogen-bond donors (Lipinski definition) is 3. The molecule has 0 bridgehead atoms. The number of benzene rings is 1. The van der Waals surface area contributed by atoms with E-state index < -0.39 is 0 Å². The molecule has 0 aliphatic heterocycles. The second-order valence-corrected chi connectivity index (χ2v) is 6.48. The summed E-state index contributed by atoms with van der Waals surface area (Å²) in [6, 6.07) is 13.5. The van der Waals surface area contributed by atoms with Gasteiger partial charge in [0.05, 0.1) is 11.5 Å². The fraction of sp³-hybridized carbons (Fsp3) is 0.368. The molecule has 2 aromatic rings. The first-order valence-electron chi connectivity index (χ1n) is 8.73. The molecule has 2 rings (SSSR count). The van der Waals surface area contributed by atoms with Crippen molar-refractivity contribution in [1.29, 1.82) is 0 Å². The zero-order chi connectivity index (χ0) is 18.5. The van der Waals surface area contributed by atoms with Crippen molar-refractivity contribution in [2.75, 3.05) is 33.3 Å². The van der Waals surface area contributed by atoms with Gasteiger partial charge < -0.3 is 20.7 Å². The lowest BCUT2D eigenvalue weighted by Gasteiger charge is -2.12. The molecule has 7 heteroatoms. The zero-order valence-electron chi connectivity index (χ0n) is 15.0. The summed E-state index contributed by atoms with van der Waals surface area (Å²) in [5, 5.41) is 11.3. The second kappa shape index (κ2) is 11.9. The highest BCUT2D eigenvalue weighted by Gasteiger charge is 2.04. The van der Waals surface area contributed by atoms with E-state index in [-0.39, 0.29) is 5.91 Å². The number of amides is 1. The standard InChI is InChI=1S/C19H26N4O2S/c1-20-19(23-13-7-14-25-16-8-3-2-4-9-16)22-12-6-11-21-18(24)17-10-5-15-26-17/h2-5,8-10,15H,6-7,11-14H2,1H3,(H,21,24)(H2,20,22,23). The molecule has 1 amide bonds. The molecule has 0 unspecified atom stereocenters. The van der Waals surface area contributed by atoms with Gasteiger partial charge >= 0.3 is 0 Å². The first-order chi connectivity index (χ1) is 12.8. The van der Waals surface area contributed by atoms with Gasteiger partial charge in [0.25, 0.3) is 5.91 Å². The quantitative estimate of drug-likeness (QED) is 0.339. The van der Waals surface area contributed by atoms with Gasteiger partial charge in [-0.1, -0.05) is 24.3 Å². The van der Waals surface area contributed by atoms with Crippen molar-refractivity contribution in [3.05, 3.63) is 52.7 Å². The van der Waals surface area contributed by atoms with E-state index in [1.807, 2.05) is 47.8 Å². The Kier molecular flexibility index (Phi) is 9.07. The van der Waals surface area contributed by atoms with Gasteiger partial charge in [-0.2, -0.15) is 0 Å². The van der Waals surface area contributed by atoms with E-state index in [2.05, 4.69) is 20.9 Å². The SMILES string of the molecule is CN=C(NCCCNC(=O)c1cccs1)NCCCOc1ccccc1. The Bertz CT molecular complexity index is 659. The summed E-state index contributed by atoms with van der Waals surface area (Å²) in [7, 11) is 1.74. The maximum atomic E-state index is 11.8. The molecule has 1 heterocycles. The average molecular weight is 375 g/mol. The molecule has 1 aromatic carbocycles. The molecule has 0 saturated carbocycles. The predicted octanol–water partition coefficient (Wildman–Crippen LogP) is 2.50. The highest BCUT2D eigenvalue weighted by atomic mass is 32.1. The van der Waals surface area contributed by atoms with Gasteiger partial charge in [-0.3, -0.25) is 9.79 Å². The number of nitrogens with one attached hydrogen (secondary N) is 3. The summed E-state index contributed by atoms with van der Waals surface area (Å²) in [5.74, 6) is 1.63. The van der Waals surface area contributed by atoms with E-state index in [9.17, 15) is 4.79 Å². The van der Waals surface area contributed by atoms with E-state index in [0.717, 1.165) is 42.5 Å². The van der Waals surface area contributed by atoms with Crippen molar-refractivity contribution in [3.8, 4) is 5.75 Å². The number of nitrogens with zero attached hydrogens (tertiary/aromatic N) is 1. The smallest absolute Gasteiger partial charge is 0.261 e. The molecule has 0 saturated heterocycles. The van der Waals surface area contributed by atoms with Crippen molar-refractivity contribution >= 4 is 23.2 Å². The van der Waals surface area contributed by atoms with Crippen LogP contribution in [0.25, 0.3) is 0 Å². The number of carbonyl (C=O) groups is 1. The van der Waals surface area contributed by atoms with Gasteiger partial charge in [0.2, 0.25) is 0 Å². The van der Waals surface area contributed by atoms with Crippen molar-refractivity contribution in [3.63, 3.8) is 0 Å². The van der Waals surface area contributed by atoms with E-state index in [4.69, 9.17) is 4.74 Å². The van der Waals surface area contributed by atoms with E-state index >= 15 is 0 Å². The van der Waals surface area contributed by atoms with Crippen molar-refractivity contribution < 1.29 is 9.53 Å². The van der Waals surface area contributed by atoms with Gasteiger partial charge in [0.1, 0.15) is 5.75 Å². The van der Waals surface area contributed by atoms with E-state index in [0.29, 0.717) is 13.2 Å². The Morgan fingerprint density at radius 2 is 1.73 bits per heavy atom. The summed E-state index contributed by atoms with van der Waals surface area (Å²) in [6.07, 6.45) is 1.71. The van der Waals surface area contributed by atoms with Gasteiger partial charge in [-0.15, -0.1) is 11.3 Å². The van der Waals surface area contributed by atoms with E-state index in [1.54, 1.807) is 7.05 Å².